The zero-order valence-corrected chi connectivity index (χ0v) is 9.76. The van der Waals surface area contributed by atoms with Crippen molar-refractivity contribution in [3.63, 3.8) is 0 Å². The molecule has 4 heteroatoms. The van der Waals surface area contributed by atoms with Crippen LogP contribution in [0.15, 0.2) is 36.7 Å². The normalized spacial score (nSPS) is 10.2. The zero-order valence-electron chi connectivity index (χ0n) is 9.76. The highest BCUT2D eigenvalue weighted by Gasteiger charge is 2.07. The second-order valence-electron chi connectivity index (χ2n) is 3.55. The second-order valence-corrected chi connectivity index (χ2v) is 3.55. The van der Waals surface area contributed by atoms with Crippen LogP contribution in [0.4, 0.5) is 0 Å². The Morgan fingerprint density at radius 2 is 1.88 bits per heavy atom. The fourth-order valence-corrected chi connectivity index (χ4v) is 1.53. The van der Waals surface area contributed by atoms with Gasteiger partial charge in [-0.25, -0.2) is 9.97 Å². The average molecular weight is 229 g/mol. The van der Waals surface area contributed by atoms with Crippen molar-refractivity contribution in [2.24, 2.45) is 5.73 Å². The van der Waals surface area contributed by atoms with Crippen LogP contribution in [0.25, 0.3) is 11.4 Å². The summed E-state index contributed by atoms with van der Waals surface area (Å²) in [4.78, 5) is 8.58. The van der Waals surface area contributed by atoms with Crippen molar-refractivity contribution in [2.75, 3.05) is 6.61 Å². The lowest BCUT2D eigenvalue weighted by atomic mass is 10.2. The number of hydrogen-bond acceptors (Lipinski definition) is 4. The Hall–Kier alpha value is -1.94. The smallest absolute Gasteiger partial charge is 0.162 e. The Morgan fingerprint density at radius 3 is 2.53 bits per heavy atom. The number of benzene rings is 1. The number of nitrogens with zero attached hydrogens (tertiary/aromatic N) is 2. The molecule has 2 rings (SSSR count). The van der Waals surface area contributed by atoms with E-state index in [-0.39, 0.29) is 0 Å². The third-order valence-corrected chi connectivity index (χ3v) is 2.37. The van der Waals surface area contributed by atoms with Crippen molar-refractivity contribution in [1.82, 2.24) is 9.97 Å². The van der Waals surface area contributed by atoms with Crippen LogP contribution >= 0.6 is 0 Å². The van der Waals surface area contributed by atoms with Crippen LogP contribution in [0.1, 0.15) is 12.5 Å². The van der Waals surface area contributed by atoms with E-state index >= 15 is 0 Å². The first-order chi connectivity index (χ1) is 8.35. The molecule has 2 N–H and O–H groups in total. The van der Waals surface area contributed by atoms with E-state index in [1.54, 1.807) is 12.4 Å². The molecule has 1 aromatic carbocycles. The number of nitrogens with two attached hydrogens (primary N) is 1. The summed E-state index contributed by atoms with van der Waals surface area (Å²) in [5.74, 6) is 1.46. The minimum atomic E-state index is 0.452. The molecule has 0 atom stereocenters. The van der Waals surface area contributed by atoms with Gasteiger partial charge in [0.1, 0.15) is 5.75 Å². The Bertz CT molecular complexity index is 482. The molecular weight excluding hydrogens is 214 g/mol. The molecule has 17 heavy (non-hydrogen) atoms. The van der Waals surface area contributed by atoms with Crippen LogP contribution in [0, 0.1) is 0 Å². The van der Waals surface area contributed by atoms with Crippen LogP contribution in [0.3, 0.4) is 0 Å². The molecule has 0 aliphatic rings. The van der Waals surface area contributed by atoms with Crippen molar-refractivity contribution >= 4 is 0 Å². The first-order valence-electron chi connectivity index (χ1n) is 5.58. The monoisotopic (exact) mass is 229 g/mol. The highest BCUT2D eigenvalue weighted by molar-refractivity contribution is 5.63. The molecule has 0 aliphatic carbocycles. The van der Waals surface area contributed by atoms with Gasteiger partial charge in [0.05, 0.1) is 12.2 Å². The van der Waals surface area contributed by atoms with Crippen LogP contribution in [-0.2, 0) is 6.54 Å². The summed E-state index contributed by atoms with van der Waals surface area (Å²) in [5.41, 5.74) is 7.33. The summed E-state index contributed by atoms with van der Waals surface area (Å²) in [7, 11) is 0. The second kappa shape index (κ2) is 5.41. The number of aromatic nitrogens is 2. The third-order valence-electron chi connectivity index (χ3n) is 2.37. The first kappa shape index (κ1) is 11.5. The Balaban J connectivity index is 2.37. The molecule has 2 aromatic rings. The lowest BCUT2D eigenvalue weighted by Gasteiger charge is -2.08. The summed E-state index contributed by atoms with van der Waals surface area (Å²) in [5, 5.41) is 0. The van der Waals surface area contributed by atoms with Gasteiger partial charge in [-0.1, -0.05) is 12.1 Å². The third kappa shape index (κ3) is 2.60. The van der Waals surface area contributed by atoms with Gasteiger partial charge in [0.15, 0.2) is 5.82 Å². The summed E-state index contributed by atoms with van der Waals surface area (Å²) >= 11 is 0. The molecule has 1 heterocycles. The molecule has 0 spiro atoms. The maximum atomic E-state index is 5.54. The highest BCUT2D eigenvalue weighted by atomic mass is 16.5. The fourth-order valence-electron chi connectivity index (χ4n) is 1.53. The van der Waals surface area contributed by atoms with Crippen LogP contribution in [0.5, 0.6) is 5.75 Å². The number of rotatable bonds is 4. The van der Waals surface area contributed by atoms with Gasteiger partial charge in [0, 0.05) is 24.5 Å². The van der Waals surface area contributed by atoms with E-state index < -0.39 is 0 Å². The van der Waals surface area contributed by atoms with Crippen molar-refractivity contribution in [2.45, 2.75) is 13.5 Å². The lowest BCUT2D eigenvalue weighted by Crippen LogP contribution is -2.00. The van der Waals surface area contributed by atoms with Gasteiger partial charge in [0.25, 0.3) is 0 Å². The van der Waals surface area contributed by atoms with Gasteiger partial charge >= 0.3 is 0 Å². The minimum absolute atomic E-state index is 0.452. The molecule has 0 radical (unpaired) electrons. The Morgan fingerprint density at radius 1 is 1.18 bits per heavy atom. The predicted molar refractivity (Wildman–Crippen MR) is 66.5 cm³/mol. The molecule has 4 nitrogen and oxygen atoms in total. The quantitative estimate of drug-likeness (QED) is 0.871. The molecule has 0 saturated carbocycles. The fraction of sp³-hybridized carbons (Fsp3) is 0.231. The Labute approximate surface area is 100 Å². The summed E-state index contributed by atoms with van der Waals surface area (Å²) in [6.45, 7) is 3.03. The molecule has 0 amide bonds. The maximum Gasteiger partial charge on any atom is 0.162 e. The van der Waals surface area contributed by atoms with Crippen molar-refractivity contribution in [1.29, 1.82) is 0 Å². The molecule has 0 aliphatic heterocycles. The highest BCUT2D eigenvalue weighted by Crippen LogP contribution is 2.26. The molecule has 0 unspecified atom stereocenters. The van der Waals surface area contributed by atoms with Crippen LogP contribution in [-0.4, -0.2) is 16.6 Å². The van der Waals surface area contributed by atoms with E-state index in [1.165, 1.54) is 0 Å². The van der Waals surface area contributed by atoms with Gasteiger partial charge in [0.2, 0.25) is 0 Å². The van der Waals surface area contributed by atoms with Crippen LogP contribution < -0.4 is 10.5 Å². The molecule has 0 fully saturated rings. The van der Waals surface area contributed by atoms with Gasteiger partial charge in [-0.3, -0.25) is 0 Å². The van der Waals surface area contributed by atoms with E-state index in [0.29, 0.717) is 19.0 Å². The molecule has 0 bridgehead atoms. The molecule has 1 aromatic heterocycles. The van der Waals surface area contributed by atoms with E-state index in [2.05, 4.69) is 9.97 Å². The van der Waals surface area contributed by atoms with E-state index in [4.69, 9.17) is 10.5 Å². The number of para-hydroxylation sites is 1. The lowest BCUT2D eigenvalue weighted by molar-refractivity contribution is 0.341. The van der Waals surface area contributed by atoms with Crippen LogP contribution in [0.2, 0.25) is 0 Å². The first-order valence-corrected chi connectivity index (χ1v) is 5.58. The summed E-state index contributed by atoms with van der Waals surface area (Å²) in [6, 6.07) is 7.74. The van der Waals surface area contributed by atoms with Gasteiger partial charge < -0.3 is 10.5 Å². The summed E-state index contributed by atoms with van der Waals surface area (Å²) < 4.78 is 5.54. The topological polar surface area (TPSA) is 61.0 Å². The van der Waals surface area contributed by atoms with Gasteiger partial charge in [-0.2, -0.15) is 0 Å². The van der Waals surface area contributed by atoms with Crippen molar-refractivity contribution in [3.8, 4) is 17.1 Å². The van der Waals surface area contributed by atoms with E-state index in [0.717, 1.165) is 16.9 Å². The van der Waals surface area contributed by atoms with Gasteiger partial charge in [-0.05, 0) is 19.1 Å². The maximum absolute atomic E-state index is 5.54. The zero-order chi connectivity index (χ0) is 12.1. The van der Waals surface area contributed by atoms with Gasteiger partial charge in [-0.15, -0.1) is 0 Å². The summed E-state index contributed by atoms with van der Waals surface area (Å²) in [6.07, 6.45) is 3.48. The van der Waals surface area contributed by atoms with Crippen molar-refractivity contribution < 1.29 is 4.74 Å². The molecule has 0 saturated heterocycles. The van der Waals surface area contributed by atoms with E-state index in [1.807, 2.05) is 31.2 Å². The molecular formula is C13H15N3O. The number of ether oxygens (including phenoxy) is 1. The minimum Gasteiger partial charge on any atom is -0.493 e. The Kier molecular flexibility index (Phi) is 3.67. The van der Waals surface area contributed by atoms with E-state index in [9.17, 15) is 0 Å². The van der Waals surface area contributed by atoms with Crippen molar-refractivity contribution in [3.05, 3.63) is 42.2 Å². The average Bonchev–Trinajstić information content (AvgIpc) is 2.40. The standard InChI is InChI=1S/C13H15N3O/c1-2-17-12-6-4-3-5-11(12)13-15-8-10(7-14)9-16-13/h3-6,8-9H,2,7,14H2,1H3. The predicted octanol–water partition coefficient (Wildman–Crippen LogP) is 2.00. The largest absolute Gasteiger partial charge is 0.493 e. The molecule has 88 valence electrons. The number of hydrogen-bond donors (Lipinski definition) is 1. The SMILES string of the molecule is CCOc1ccccc1-c1ncc(CN)cn1.